The first kappa shape index (κ1) is 74.4. The van der Waals surface area contributed by atoms with Gasteiger partial charge in [0, 0.05) is 60.7 Å². The van der Waals surface area contributed by atoms with Gasteiger partial charge in [-0.3, -0.25) is 24.8 Å². The van der Waals surface area contributed by atoms with Crippen LogP contribution < -0.4 is 25.4 Å². The minimum atomic E-state index is -0.556. The number of alkyl halides is 2. The first-order valence-electron chi connectivity index (χ1n) is 27.4. The van der Waals surface area contributed by atoms with Crippen molar-refractivity contribution in [1.29, 1.82) is 0 Å². The maximum absolute atomic E-state index is 12.9. The van der Waals surface area contributed by atoms with Crippen molar-refractivity contribution in [3.8, 4) is 0 Å². The van der Waals surface area contributed by atoms with Gasteiger partial charge in [-0.05, 0) is 95.9 Å². The van der Waals surface area contributed by atoms with E-state index in [1.54, 1.807) is 60.9 Å². The molecule has 0 radical (unpaired) electrons. The monoisotopic (exact) mass is 1470 g/mol. The Morgan fingerprint density at radius 1 is 0.563 bits per heavy atom. The van der Waals surface area contributed by atoms with Gasteiger partial charge in [-0.2, -0.15) is 18.6 Å². The summed E-state index contributed by atoms with van der Waals surface area (Å²) in [5.41, 5.74) is 5.25. The van der Waals surface area contributed by atoms with Crippen molar-refractivity contribution in [3.63, 3.8) is 0 Å². The molecular formula is C63H73Br2Cl5N8O8Zn+2. The van der Waals surface area contributed by atoms with E-state index in [0.717, 1.165) is 138 Å². The van der Waals surface area contributed by atoms with Crippen molar-refractivity contribution in [2.45, 2.75) is 135 Å². The van der Waals surface area contributed by atoms with Crippen LogP contribution in [0.25, 0.3) is 32.7 Å². The zero-order valence-corrected chi connectivity index (χ0v) is 56.2. The van der Waals surface area contributed by atoms with Gasteiger partial charge in [-0.25, -0.2) is 9.97 Å². The van der Waals surface area contributed by atoms with Gasteiger partial charge in [-0.1, -0.05) is 153 Å². The van der Waals surface area contributed by atoms with Crippen molar-refractivity contribution in [3.05, 3.63) is 188 Å². The molecule has 3 aliphatic carbocycles. The Labute approximate surface area is 559 Å². The Balaban J connectivity index is 0.000000253. The molecule has 5 heterocycles. The second kappa shape index (κ2) is 37.9. The van der Waals surface area contributed by atoms with Gasteiger partial charge in [0.2, 0.25) is 0 Å². The number of aliphatic hydroxyl groups excluding tert-OH is 3. The summed E-state index contributed by atoms with van der Waals surface area (Å²) in [7, 11) is 4.76. The van der Waals surface area contributed by atoms with Crippen molar-refractivity contribution in [2.75, 3.05) is 5.34 Å². The summed E-state index contributed by atoms with van der Waals surface area (Å²) in [6.07, 6.45) is 12.7. The van der Waals surface area contributed by atoms with Crippen LogP contribution in [0.3, 0.4) is 0 Å². The number of amides is 3. The van der Waals surface area contributed by atoms with E-state index in [4.69, 9.17) is 56.1 Å². The van der Waals surface area contributed by atoms with Crippen LogP contribution in [0.15, 0.2) is 137 Å². The zero-order valence-electron chi connectivity index (χ0n) is 46.2. The Kier molecular flexibility index (Phi) is 32.4. The van der Waals surface area contributed by atoms with Gasteiger partial charge in [0.15, 0.2) is 0 Å². The summed E-state index contributed by atoms with van der Waals surface area (Å²) >= 11 is 28.6. The van der Waals surface area contributed by atoms with Crippen molar-refractivity contribution < 1.29 is 66.9 Å². The Morgan fingerprint density at radius 3 is 1.45 bits per heavy atom. The van der Waals surface area contributed by atoms with Crippen LogP contribution in [0.1, 0.15) is 140 Å². The van der Waals surface area contributed by atoms with Crippen molar-refractivity contribution in [1.82, 2.24) is 30.9 Å². The average molecular weight is 1470 g/mol. The molecule has 0 bridgehead atoms. The molecule has 16 nitrogen and oxygen atoms in total. The number of carbonyl (C=O) groups excluding carboxylic acids is 3. The second-order valence-electron chi connectivity index (χ2n) is 20.1. The van der Waals surface area contributed by atoms with E-state index < -0.39 is 24.2 Å². The summed E-state index contributed by atoms with van der Waals surface area (Å²) in [6, 6.07) is 33.8. The first-order chi connectivity index (χ1) is 41.0. The van der Waals surface area contributed by atoms with Gasteiger partial charge in [0.05, 0.1) is 58.1 Å². The minimum absolute atomic E-state index is 0. The fourth-order valence-electron chi connectivity index (χ4n) is 10.0. The normalized spacial score (nSPS) is 18.4. The van der Waals surface area contributed by atoms with Crippen LogP contribution in [0, 0.1) is 6.92 Å². The molecule has 87 heavy (non-hydrogen) atoms. The van der Waals surface area contributed by atoms with Gasteiger partial charge in [0.25, 0.3) is 16.9 Å². The van der Waals surface area contributed by atoms with Gasteiger partial charge < -0.3 is 36.3 Å². The number of nitrogens with one attached hydrogen (secondary N) is 3. The molecule has 5 aromatic heterocycles. The topological polar surface area (TPSA) is 235 Å². The number of aromatic nitrogens is 5. The zero-order chi connectivity index (χ0) is 61.6. The van der Waals surface area contributed by atoms with Gasteiger partial charge >= 0.3 is 50.2 Å². The molecule has 8 aromatic rings. The second-order valence-corrected chi connectivity index (χ2v) is 23.4. The molecule has 462 valence electrons. The molecule has 0 saturated heterocycles. The van der Waals surface area contributed by atoms with Crippen molar-refractivity contribution in [2.24, 2.45) is 0 Å². The van der Waals surface area contributed by atoms with Gasteiger partial charge in [0.1, 0.15) is 16.0 Å². The van der Waals surface area contributed by atoms with E-state index in [-0.39, 0.29) is 61.5 Å². The standard InChI is InChI=1S/C22H22ClN3O3.C16H17BrN2O3.C16H17BrN2O2.C6H5ClN.CH2Cl2.2CH4.ClH.Zn/c23-21-10-9-14(13-24-21)11-15-12-19(26(29)18-7-3-1-5-16(15)18)22(28)25-17-6-2-4-8-20(17)27;17-11-9-14(19(22)13-7-3-1-5-10(11)13)16(21)18-12-6-2-4-8-15(12)20;17-11-9-14(18-12-6-2-1-5-10(11)12)16(21)19-13-7-3-4-8-15(13)20;1-5-2-3-6(7)8-4-5;2-1-3;;;;/h1,3,5,7,9-10,12-13,17,20,27H,2,4,6,8,11H2,(H-,25,28,29);1,3,5,7,9,12,15,20H,2,4,6,8H2,(H-,18,21,22);1-2,5-6,9,13,15,20H,3-4,7-8H2,(H,19,21);2-4H,1H2;1H2;2*1H4;1H;/q;;;-1;;;;;+2/p+1/t17-,20-;12-,15-;13-,15-;;;;;;/m000....../s1. The number of nitrogens with zero attached hydrogens (tertiary/aromatic N) is 5. The number of benzene rings is 3. The Hall–Kier alpha value is -5.02. The van der Waals surface area contributed by atoms with Gasteiger partial charge in [-0.15, -0.1) is 23.2 Å². The molecule has 6 atom stereocenters. The molecule has 8 N–H and O–H groups in total. The molecule has 0 aliphatic heterocycles. The molecular weight excluding hydrogens is 1400 g/mol. The molecule has 0 unspecified atom stereocenters. The third-order valence-electron chi connectivity index (χ3n) is 14.4. The third kappa shape index (κ3) is 21.6. The molecule has 24 heteroatoms. The molecule has 3 aromatic carbocycles. The Bertz CT molecular complexity index is 3480. The van der Waals surface area contributed by atoms with E-state index in [0.29, 0.717) is 46.3 Å². The number of fused-ring (bicyclic) bond motifs is 3. The van der Waals surface area contributed by atoms with Crippen LogP contribution in [-0.2, 0) is 23.7 Å². The molecule has 3 amide bonds. The fourth-order valence-corrected chi connectivity index (χ4v) is 11.4. The van der Waals surface area contributed by atoms with E-state index >= 15 is 0 Å². The van der Waals surface area contributed by atoms with Crippen molar-refractivity contribution >= 4 is 138 Å². The number of aliphatic hydroxyl groups is 3. The van der Waals surface area contributed by atoms with Crippen LogP contribution >= 0.6 is 88.0 Å². The number of rotatable bonds is 8. The number of pyridine rings is 5. The van der Waals surface area contributed by atoms with E-state index in [2.05, 4.69) is 69.7 Å². The summed E-state index contributed by atoms with van der Waals surface area (Å²) in [4.78, 5) is 50.0. The molecule has 11 rings (SSSR count). The first-order valence-corrected chi connectivity index (χ1v) is 34.7. The quantitative estimate of drug-likeness (QED) is 0.0178. The Morgan fingerprint density at radius 2 is 0.977 bits per heavy atom. The molecule has 3 aliphatic rings. The molecule has 3 saturated carbocycles. The number of hydrogen-bond acceptors (Lipinski definition) is 11. The van der Waals surface area contributed by atoms with E-state index in [9.17, 15) is 40.1 Å². The SMILES string of the molecule is C.C.ClCCl.O=C(N[C@H]1CCCC[C@@H]1O)c1cc(Br)c2ccccc2[n+]1O.O=C(N[C@H]1CCCC[C@@H]1O)c1cc(Br)c2ccccc2n1.O=C(N[C@H]1CCCC[C@@H]1O)c1cc(Cc2ccc(Cl)nc2)c2ccccc2[n+]1O.[CH2-]c1ccc(Cl)nc1.[Cl][Zn+]. The predicted octanol–water partition coefficient (Wildman–Crippen LogP) is 13.5. The molecule has 3 fully saturated rings. The number of hydrogen-bond donors (Lipinski definition) is 8. The van der Waals surface area contributed by atoms with E-state index in [1.165, 1.54) is 0 Å². The third-order valence-corrected chi connectivity index (χ3v) is 16.1. The van der Waals surface area contributed by atoms with Crippen LogP contribution in [0.4, 0.5) is 0 Å². The summed E-state index contributed by atoms with van der Waals surface area (Å²) in [5, 5.41) is 63.5. The maximum atomic E-state index is 12.9. The summed E-state index contributed by atoms with van der Waals surface area (Å²) in [5.74, 6) is -1.02. The average Bonchev–Trinajstić information content (AvgIpc) is 3.27. The fraction of sp³-hybridized carbons (Fsp3) is 0.349. The van der Waals surface area contributed by atoms with Crippen LogP contribution in [0.5, 0.6) is 0 Å². The van der Waals surface area contributed by atoms with Crippen LogP contribution in [-0.4, -0.2) is 100 Å². The molecule has 0 spiro atoms. The van der Waals surface area contributed by atoms with Crippen LogP contribution in [0.2, 0.25) is 10.3 Å². The summed E-state index contributed by atoms with van der Waals surface area (Å²) < 4.78 is 3.40. The number of para-hydroxylation sites is 3. The number of carbonyl (C=O) groups is 3. The van der Waals surface area contributed by atoms with E-state index in [1.807, 2.05) is 66.7 Å². The summed E-state index contributed by atoms with van der Waals surface area (Å²) in [6.45, 7) is 3.64. The predicted molar refractivity (Wildman–Crippen MR) is 349 cm³/mol. The number of halogens is 7.